The Labute approximate surface area is 174 Å². The molecule has 1 aliphatic rings. The topological polar surface area (TPSA) is 24.4 Å². The number of amidine groups is 1. The molecular formula is C27H28N2. The molecule has 2 atom stereocenters. The summed E-state index contributed by atoms with van der Waals surface area (Å²) in [5.41, 5.74) is 4.71. The van der Waals surface area contributed by atoms with Crippen LogP contribution in [0.1, 0.15) is 49.3 Å². The predicted molar refractivity (Wildman–Crippen MR) is 123 cm³/mol. The van der Waals surface area contributed by atoms with E-state index in [-0.39, 0.29) is 17.4 Å². The number of rotatable bonds is 3. The van der Waals surface area contributed by atoms with Crippen LogP contribution in [0.5, 0.6) is 0 Å². The Hall–Kier alpha value is -3.13. The summed E-state index contributed by atoms with van der Waals surface area (Å²) >= 11 is 0. The zero-order chi connectivity index (χ0) is 20.3. The van der Waals surface area contributed by atoms with Crippen molar-refractivity contribution in [2.45, 2.75) is 38.1 Å². The van der Waals surface area contributed by atoms with Gasteiger partial charge in [0.25, 0.3) is 0 Å². The lowest BCUT2D eigenvalue weighted by Crippen LogP contribution is -2.38. The lowest BCUT2D eigenvalue weighted by Gasteiger charge is -2.35. The molecule has 0 radical (unpaired) electrons. The molecule has 2 heteroatoms. The number of hydrogen-bond acceptors (Lipinski definition) is 1. The fraction of sp³-hybridized carbons (Fsp3) is 0.222. The first-order valence-corrected chi connectivity index (χ1v) is 10.3. The molecule has 1 heterocycles. The number of allylic oxidation sites excluding steroid dienone is 1. The molecule has 0 spiro atoms. The maximum atomic E-state index is 5.14. The zero-order valence-electron chi connectivity index (χ0n) is 17.3. The second kappa shape index (κ2) is 8.08. The van der Waals surface area contributed by atoms with Crippen LogP contribution in [-0.2, 0) is 0 Å². The fourth-order valence-corrected chi connectivity index (χ4v) is 3.94. The summed E-state index contributed by atoms with van der Waals surface area (Å²) in [6.45, 7) is 6.46. The van der Waals surface area contributed by atoms with Gasteiger partial charge in [0.05, 0.1) is 11.5 Å². The summed E-state index contributed by atoms with van der Waals surface area (Å²) in [6.07, 6.45) is 2.37. The van der Waals surface area contributed by atoms with Crippen molar-refractivity contribution in [3.05, 3.63) is 114 Å². The SMILES string of the molecule is CC(C)(C)N=C1NC(c2ccccc2)=CC(c2ccccc2)C1c1ccccc1. The van der Waals surface area contributed by atoms with Gasteiger partial charge >= 0.3 is 0 Å². The average Bonchev–Trinajstić information content (AvgIpc) is 2.74. The van der Waals surface area contributed by atoms with Crippen molar-refractivity contribution in [2.24, 2.45) is 4.99 Å². The summed E-state index contributed by atoms with van der Waals surface area (Å²) in [4.78, 5) is 5.14. The minimum Gasteiger partial charge on any atom is -0.343 e. The van der Waals surface area contributed by atoms with Gasteiger partial charge in [-0.1, -0.05) is 97.1 Å². The van der Waals surface area contributed by atoms with Crippen molar-refractivity contribution >= 4 is 11.5 Å². The molecule has 0 bridgehead atoms. The molecule has 3 aromatic rings. The molecule has 2 nitrogen and oxygen atoms in total. The number of aliphatic imine (C=N–C) groups is 1. The van der Waals surface area contributed by atoms with Crippen molar-refractivity contribution in [3.63, 3.8) is 0 Å². The lowest BCUT2D eigenvalue weighted by molar-refractivity contribution is 0.571. The van der Waals surface area contributed by atoms with Crippen LogP contribution >= 0.6 is 0 Å². The highest BCUT2D eigenvalue weighted by Gasteiger charge is 2.33. The first kappa shape index (κ1) is 19.2. The lowest BCUT2D eigenvalue weighted by atomic mass is 9.77. The van der Waals surface area contributed by atoms with Crippen LogP contribution in [0.15, 0.2) is 102 Å². The normalized spacial score (nSPS) is 20.8. The van der Waals surface area contributed by atoms with E-state index in [4.69, 9.17) is 4.99 Å². The van der Waals surface area contributed by atoms with Crippen molar-refractivity contribution in [2.75, 3.05) is 0 Å². The summed E-state index contributed by atoms with van der Waals surface area (Å²) in [6, 6.07) is 32.0. The van der Waals surface area contributed by atoms with E-state index in [9.17, 15) is 0 Å². The maximum absolute atomic E-state index is 5.14. The van der Waals surface area contributed by atoms with Gasteiger partial charge in [0, 0.05) is 11.6 Å². The molecule has 3 aromatic carbocycles. The molecule has 29 heavy (non-hydrogen) atoms. The standard InChI is InChI=1S/C27H28N2/c1-27(2,3)29-26-25(22-17-11-6-12-18-22)23(20-13-7-4-8-14-20)19-24(28-26)21-15-9-5-10-16-21/h4-19,23,25H,1-3H3,(H,28,29). The van der Waals surface area contributed by atoms with E-state index in [0.717, 1.165) is 11.5 Å². The molecule has 1 N–H and O–H groups in total. The van der Waals surface area contributed by atoms with E-state index >= 15 is 0 Å². The van der Waals surface area contributed by atoms with E-state index in [1.54, 1.807) is 0 Å². The first-order chi connectivity index (χ1) is 14.0. The van der Waals surface area contributed by atoms with Gasteiger partial charge < -0.3 is 5.32 Å². The zero-order valence-corrected chi connectivity index (χ0v) is 17.3. The molecule has 1 aliphatic heterocycles. The van der Waals surface area contributed by atoms with Crippen LogP contribution in [0.3, 0.4) is 0 Å². The van der Waals surface area contributed by atoms with Gasteiger partial charge in [0.2, 0.25) is 0 Å². The molecular weight excluding hydrogens is 352 g/mol. The van der Waals surface area contributed by atoms with Crippen molar-refractivity contribution in [3.8, 4) is 0 Å². The van der Waals surface area contributed by atoms with Gasteiger partial charge in [-0.05, 0) is 37.5 Å². The van der Waals surface area contributed by atoms with E-state index in [2.05, 4.69) is 123 Å². The number of benzene rings is 3. The molecule has 0 aromatic heterocycles. The highest BCUT2D eigenvalue weighted by molar-refractivity contribution is 5.99. The van der Waals surface area contributed by atoms with Crippen molar-refractivity contribution in [1.29, 1.82) is 0 Å². The molecule has 146 valence electrons. The Morgan fingerprint density at radius 2 is 1.21 bits per heavy atom. The van der Waals surface area contributed by atoms with Crippen molar-refractivity contribution < 1.29 is 0 Å². The van der Waals surface area contributed by atoms with Gasteiger partial charge in [-0.2, -0.15) is 0 Å². The third kappa shape index (κ3) is 4.48. The largest absolute Gasteiger partial charge is 0.343 e. The van der Waals surface area contributed by atoms with E-state index in [0.29, 0.717) is 0 Å². The minimum absolute atomic E-state index is 0.144. The molecule has 0 saturated heterocycles. The van der Waals surface area contributed by atoms with Crippen molar-refractivity contribution in [1.82, 2.24) is 5.32 Å². The minimum atomic E-state index is -0.171. The van der Waals surface area contributed by atoms with Crippen LogP contribution < -0.4 is 5.32 Å². The Morgan fingerprint density at radius 1 is 0.690 bits per heavy atom. The number of nitrogens with one attached hydrogen (secondary N) is 1. The molecule has 0 fully saturated rings. The fourth-order valence-electron chi connectivity index (χ4n) is 3.94. The molecule has 4 rings (SSSR count). The monoisotopic (exact) mass is 380 g/mol. The van der Waals surface area contributed by atoms with E-state index in [1.165, 1.54) is 16.7 Å². The van der Waals surface area contributed by atoms with Crippen LogP contribution in [-0.4, -0.2) is 11.4 Å². The quantitative estimate of drug-likeness (QED) is 0.559. The summed E-state index contributed by atoms with van der Waals surface area (Å²) in [5, 5.41) is 3.69. The Morgan fingerprint density at radius 3 is 1.76 bits per heavy atom. The number of hydrogen-bond donors (Lipinski definition) is 1. The van der Waals surface area contributed by atoms with E-state index < -0.39 is 0 Å². The Kier molecular flexibility index (Phi) is 5.35. The van der Waals surface area contributed by atoms with Gasteiger partial charge in [-0.3, -0.25) is 4.99 Å². The van der Waals surface area contributed by atoms with Crippen LogP contribution in [0.2, 0.25) is 0 Å². The molecule has 0 saturated carbocycles. The third-order valence-corrected chi connectivity index (χ3v) is 5.15. The van der Waals surface area contributed by atoms with Gasteiger partial charge in [0.1, 0.15) is 5.84 Å². The van der Waals surface area contributed by atoms with Crippen LogP contribution in [0.4, 0.5) is 0 Å². The molecule has 0 aliphatic carbocycles. The highest BCUT2D eigenvalue weighted by Crippen LogP contribution is 2.40. The second-order valence-electron chi connectivity index (χ2n) is 8.56. The predicted octanol–water partition coefficient (Wildman–Crippen LogP) is 6.40. The summed E-state index contributed by atoms with van der Waals surface area (Å²) in [5.74, 6) is 1.38. The molecule has 2 unspecified atom stereocenters. The van der Waals surface area contributed by atoms with Gasteiger partial charge in [0.15, 0.2) is 0 Å². The van der Waals surface area contributed by atoms with E-state index in [1.807, 2.05) is 0 Å². The average molecular weight is 381 g/mol. The first-order valence-electron chi connectivity index (χ1n) is 10.3. The highest BCUT2D eigenvalue weighted by atomic mass is 15.0. The van der Waals surface area contributed by atoms with Gasteiger partial charge in [-0.15, -0.1) is 0 Å². The van der Waals surface area contributed by atoms with Crippen LogP contribution in [0, 0.1) is 0 Å². The maximum Gasteiger partial charge on any atom is 0.110 e. The Bertz CT molecular complexity index is 997. The number of nitrogens with zero attached hydrogens (tertiary/aromatic N) is 1. The second-order valence-corrected chi connectivity index (χ2v) is 8.56. The summed E-state index contributed by atoms with van der Waals surface area (Å²) < 4.78 is 0. The molecule has 0 amide bonds. The third-order valence-electron chi connectivity index (χ3n) is 5.15. The Balaban J connectivity index is 1.91. The smallest absolute Gasteiger partial charge is 0.110 e. The summed E-state index contributed by atoms with van der Waals surface area (Å²) in [7, 11) is 0. The van der Waals surface area contributed by atoms with Crippen LogP contribution in [0.25, 0.3) is 5.70 Å². The van der Waals surface area contributed by atoms with Gasteiger partial charge in [-0.25, -0.2) is 0 Å².